The fourth-order valence-electron chi connectivity index (χ4n) is 3.74. The van der Waals surface area contributed by atoms with Gasteiger partial charge in [0.1, 0.15) is 5.25 Å². The van der Waals surface area contributed by atoms with Gasteiger partial charge in [-0.2, -0.15) is 0 Å². The number of rotatable bonds is 6. The van der Waals surface area contributed by atoms with E-state index >= 15 is 0 Å². The Balaban J connectivity index is 1.61. The predicted octanol–water partition coefficient (Wildman–Crippen LogP) is 2.59. The molecular weight excluding hydrogens is 374 g/mol. The van der Waals surface area contributed by atoms with E-state index in [4.69, 9.17) is 4.74 Å². The van der Waals surface area contributed by atoms with E-state index in [0.717, 1.165) is 62.2 Å². The number of benzene rings is 1. The summed E-state index contributed by atoms with van der Waals surface area (Å²) in [5, 5.41) is 9.41. The van der Waals surface area contributed by atoms with Crippen LogP contribution in [0.3, 0.4) is 0 Å². The van der Waals surface area contributed by atoms with Crippen LogP contribution in [-0.4, -0.2) is 65.0 Å². The van der Waals surface area contributed by atoms with Gasteiger partial charge in [-0.1, -0.05) is 42.1 Å². The minimum Gasteiger partial charge on any atom is -0.378 e. The maximum atomic E-state index is 13.3. The fraction of sp³-hybridized carbons (Fsp3) is 0.550. The highest BCUT2D eigenvalue weighted by Gasteiger charge is 2.31. The van der Waals surface area contributed by atoms with Gasteiger partial charge < -0.3 is 14.5 Å². The molecule has 8 heteroatoms. The largest absolute Gasteiger partial charge is 0.378 e. The van der Waals surface area contributed by atoms with Crippen LogP contribution in [0, 0.1) is 0 Å². The van der Waals surface area contributed by atoms with Gasteiger partial charge in [0.05, 0.1) is 13.2 Å². The number of anilines is 1. The third-order valence-corrected chi connectivity index (χ3v) is 6.50. The number of carbonyl (C=O) groups excluding carboxylic acids is 1. The molecule has 0 unspecified atom stereocenters. The van der Waals surface area contributed by atoms with Gasteiger partial charge in [0.25, 0.3) is 0 Å². The lowest BCUT2D eigenvalue weighted by Crippen LogP contribution is -2.38. The van der Waals surface area contributed by atoms with Crippen LogP contribution < -0.4 is 4.90 Å². The van der Waals surface area contributed by atoms with Crippen molar-refractivity contribution in [1.29, 1.82) is 0 Å². The number of amides is 1. The highest BCUT2D eigenvalue weighted by molar-refractivity contribution is 8.00. The highest BCUT2D eigenvalue weighted by Crippen LogP contribution is 2.37. The number of likely N-dealkylation sites (tertiary alicyclic amines) is 1. The zero-order valence-corrected chi connectivity index (χ0v) is 17.1. The molecule has 0 radical (unpaired) electrons. The smallest absolute Gasteiger partial charge is 0.240 e. The number of thioether (sulfide) groups is 1. The maximum Gasteiger partial charge on any atom is 0.240 e. The Morgan fingerprint density at radius 1 is 1.11 bits per heavy atom. The Kier molecular flexibility index (Phi) is 6.17. The first kappa shape index (κ1) is 19.3. The maximum absolute atomic E-state index is 13.3. The minimum atomic E-state index is -0.300. The van der Waals surface area contributed by atoms with Crippen molar-refractivity contribution in [1.82, 2.24) is 19.7 Å². The number of aromatic nitrogens is 3. The summed E-state index contributed by atoms with van der Waals surface area (Å²) < 4.78 is 7.57. The lowest BCUT2D eigenvalue weighted by Gasteiger charge is -2.28. The topological polar surface area (TPSA) is 63.5 Å². The number of hydrogen-bond donors (Lipinski definition) is 0. The quantitative estimate of drug-likeness (QED) is 0.694. The molecule has 7 nitrogen and oxygen atoms in total. The molecule has 2 aliphatic rings. The second kappa shape index (κ2) is 8.96. The molecule has 1 atom stereocenters. The van der Waals surface area contributed by atoms with Gasteiger partial charge in [0.2, 0.25) is 11.9 Å². The van der Waals surface area contributed by atoms with E-state index in [1.54, 1.807) is 0 Å². The van der Waals surface area contributed by atoms with Crippen molar-refractivity contribution in [3.05, 3.63) is 35.9 Å². The molecule has 0 aliphatic carbocycles. The Bertz CT molecular complexity index is 785. The summed E-state index contributed by atoms with van der Waals surface area (Å²) in [7, 11) is 0. The van der Waals surface area contributed by atoms with Crippen LogP contribution >= 0.6 is 11.8 Å². The summed E-state index contributed by atoms with van der Waals surface area (Å²) in [5.74, 6) is 1.04. The number of morpholine rings is 1. The van der Waals surface area contributed by atoms with Crippen LogP contribution in [0.4, 0.5) is 5.95 Å². The normalized spacial score (nSPS) is 18.5. The third kappa shape index (κ3) is 4.03. The fourth-order valence-corrected chi connectivity index (χ4v) is 4.92. The average Bonchev–Trinajstić information content (AvgIpc) is 3.42. The van der Waals surface area contributed by atoms with Gasteiger partial charge in [-0.25, -0.2) is 0 Å². The molecule has 0 saturated carbocycles. The average molecular weight is 402 g/mol. The molecule has 1 aromatic carbocycles. The number of ether oxygens (including phenoxy) is 1. The molecule has 2 saturated heterocycles. The predicted molar refractivity (Wildman–Crippen MR) is 110 cm³/mol. The van der Waals surface area contributed by atoms with E-state index in [2.05, 4.69) is 26.6 Å². The molecular formula is C20H27N5O2S. The van der Waals surface area contributed by atoms with E-state index in [-0.39, 0.29) is 11.2 Å². The number of hydrogen-bond acceptors (Lipinski definition) is 6. The van der Waals surface area contributed by atoms with Crippen molar-refractivity contribution in [2.45, 2.75) is 36.7 Å². The number of nitrogens with zero attached hydrogens (tertiary/aromatic N) is 5. The Labute approximate surface area is 170 Å². The summed E-state index contributed by atoms with van der Waals surface area (Å²) in [6.45, 7) is 7.61. The van der Waals surface area contributed by atoms with Crippen molar-refractivity contribution in [3.63, 3.8) is 0 Å². The highest BCUT2D eigenvalue weighted by atomic mass is 32.2. The van der Waals surface area contributed by atoms with Gasteiger partial charge in [0, 0.05) is 32.7 Å². The van der Waals surface area contributed by atoms with E-state index in [1.807, 2.05) is 35.2 Å². The Morgan fingerprint density at radius 3 is 2.50 bits per heavy atom. The zero-order chi connectivity index (χ0) is 19.3. The van der Waals surface area contributed by atoms with Crippen LogP contribution in [0.15, 0.2) is 35.5 Å². The van der Waals surface area contributed by atoms with E-state index < -0.39 is 0 Å². The SMILES string of the molecule is CCn1c(S[C@@H](C(=O)N2CCCC2)c2ccccc2)nnc1N1CCOCC1. The van der Waals surface area contributed by atoms with Gasteiger partial charge in [-0.15, -0.1) is 10.2 Å². The van der Waals surface area contributed by atoms with Crippen molar-refractivity contribution >= 4 is 23.6 Å². The van der Waals surface area contributed by atoms with Crippen LogP contribution in [-0.2, 0) is 16.1 Å². The van der Waals surface area contributed by atoms with Crippen molar-refractivity contribution in [2.24, 2.45) is 0 Å². The molecule has 1 amide bonds. The van der Waals surface area contributed by atoms with Gasteiger partial charge >= 0.3 is 0 Å². The first-order valence-electron chi connectivity index (χ1n) is 10.0. The monoisotopic (exact) mass is 401 g/mol. The first-order valence-corrected chi connectivity index (χ1v) is 10.9. The third-order valence-electron chi connectivity index (χ3n) is 5.28. The second-order valence-electron chi connectivity index (χ2n) is 7.07. The molecule has 150 valence electrons. The van der Waals surface area contributed by atoms with E-state index in [1.165, 1.54) is 11.8 Å². The molecule has 1 aromatic heterocycles. The summed E-state index contributed by atoms with van der Waals surface area (Å²) in [6.07, 6.45) is 2.18. The first-order chi connectivity index (χ1) is 13.8. The molecule has 0 spiro atoms. The summed E-state index contributed by atoms with van der Waals surface area (Å²) >= 11 is 1.51. The molecule has 0 bridgehead atoms. The van der Waals surface area contributed by atoms with Crippen LogP contribution in [0.1, 0.15) is 30.6 Å². The van der Waals surface area contributed by atoms with Gasteiger partial charge in [-0.3, -0.25) is 9.36 Å². The molecule has 2 aromatic rings. The van der Waals surface area contributed by atoms with Crippen LogP contribution in [0.25, 0.3) is 0 Å². The zero-order valence-electron chi connectivity index (χ0n) is 16.3. The molecule has 28 heavy (non-hydrogen) atoms. The van der Waals surface area contributed by atoms with Crippen LogP contribution in [0.2, 0.25) is 0 Å². The lowest BCUT2D eigenvalue weighted by atomic mass is 10.1. The van der Waals surface area contributed by atoms with Crippen molar-refractivity contribution in [2.75, 3.05) is 44.3 Å². The van der Waals surface area contributed by atoms with Crippen molar-refractivity contribution < 1.29 is 9.53 Å². The van der Waals surface area contributed by atoms with E-state index in [0.29, 0.717) is 13.2 Å². The summed E-state index contributed by atoms with van der Waals surface area (Å²) in [5.41, 5.74) is 1.02. The molecule has 4 rings (SSSR count). The Hall–Kier alpha value is -2.06. The lowest BCUT2D eigenvalue weighted by molar-refractivity contribution is -0.129. The van der Waals surface area contributed by atoms with Crippen LogP contribution in [0.5, 0.6) is 0 Å². The Morgan fingerprint density at radius 2 is 1.82 bits per heavy atom. The molecule has 2 aliphatic heterocycles. The minimum absolute atomic E-state index is 0.173. The van der Waals surface area contributed by atoms with Crippen molar-refractivity contribution in [3.8, 4) is 0 Å². The second-order valence-corrected chi connectivity index (χ2v) is 8.14. The van der Waals surface area contributed by atoms with Gasteiger partial charge in [-0.05, 0) is 25.3 Å². The van der Waals surface area contributed by atoms with E-state index in [9.17, 15) is 4.79 Å². The number of carbonyl (C=O) groups is 1. The summed E-state index contributed by atoms with van der Waals surface area (Å²) in [4.78, 5) is 17.5. The molecule has 0 N–H and O–H groups in total. The molecule has 2 fully saturated rings. The summed E-state index contributed by atoms with van der Waals surface area (Å²) in [6, 6.07) is 10.0. The van der Waals surface area contributed by atoms with Gasteiger partial charge in [0.15, 0.2) is 5.16 Å². The standard InChI is InChI=1S/C20H27N5O2S/c1-2-25-19(24-12-14-27-15-13-24)21-22-20(25)28-17(16-8-4-3-5-9-16)18(26)23-10-6-7-11-23/h3-5,8-9,17H,2,6-7,10-15H2,1H3/t17-/m1/s1. The molecule has 3 heterocycles.